The molecule has 4 rings (SSSR count). The van der Waals surface area contributed by atoms with Crippen LogP contribution in [0.4, 0.5) is 9.59 Å². The van der Waals surface area contributed by atoms with Crippen LogP contribution in [0, 0.1) is 6.92 Å². The van der Waals surface area contributed by atoms with Crippen LogP contribution in [-0.2, 0) is 11.3 Å². The number of nitrogens with one attached hydrogen (secondary N) is 1. The summed E-state index contributed by atoms with van der Waals surface area (Å²) in [6.07, 6.45) is 3.65. The first-order valence-electron chi connectivity index (χ1n) is 8.00. The fraction of sp³-hybridized carbons (Fsp3) is 0.438. The predicted molar refractivity (Wildman–Crippen MR) is 85.6 cm³/mol. The Morgan fingerprint density at radius 2 is 2.25 bits per heavy atom. The van der Waals surface area contributed by atoms with Crippen LogP contribution in [0.15, 0.2) is 24.5 Å². The summed E-state index contributed by atoms with van der Waals surface area (Å²) in [5, 5.41) is 2.90. The smallest absolute Gasteiger partial charge is 0.410 e. The number of rotatable bonds is 2. The molecule has 0 aliphatic carbocycles. The molecule has 0 saturated carbocycles. The Bertz CT molecular complexity index is 802. The van der Waals surface area contributed by atoms with Crippen LogP contribution >= 0.6 is 0 Å². The van der Waals surface area contributed by atoms with Gasteiger partial charge in [-0.1, -0.05) is 6.07 Å². The SMILES string of the molecule is Cc1ccc2nc(CNC(=O)N3CCN4C(=O)OCC4C3)cn2c1. The summed E-state index contributed by atoms with van der Waals surface area (Å²) in [7, 11) is 0. The van der Waals surface area contributed by atoms with E-state index in [-0.39, 0.29) is 18.2 Å². The summed E-state index contributed by atoms with van der Waals surface area (Å²) in [5.41, 5.74) is 2.83. The van der Waals surface area contributed by atoms with Crippen LogP contribution < -0.4 is 5.32 Å². The van der Waals surface area contributed by atoms with Gasteiger partial charge in [0.15, 0.2) is 0 Å². The summed E-state index contributed by atoms with van der Waals surface area (Å²) >= 11 is 0. The van der Waals surface area contributed by atoms with Gasteiger partial charge in [0.2, 0.25) is 0 Å². The van der Waals surface area contributed by atoms with E-state index >= 15 is 0 Å². The zero-order valence-electron chi connectivity index (χ0n) is 13.4. The van der Waals surface area contributed by atoms with E-state index in [2.05, 4.69) is 10.3 Å². The summed E-state index contributed by atoms with van der Waals surface area (Å²) in [5.74, 6) is 0. The maximum Gasteiger partial charge on any atom is 0.410 e. The topological polar surface area (TPSA) is 79.2 Å². The van der Waals surface area contributed by atoms with Gasteiger partial charge in [-0.3, -0.25) is 4.90 Å². The number of carbonyl (C=O) groups is 2. The molecule has 126 valence electrons. The molecule has 0 spiro atoms. The standard InChI is InChI=1S/C16H19N5O3/c1-11-2-3-14-18-12(8-20(14)7-11)6-17-15(22)19-4-5-21-13(9-19)10-24-16(21)23/h2-3,7-8,13H,4-6,9-10H2,1H3,(H,17,22). The number of ether oxygens (including phenoxy) is 1. The Balaban J connectivity index is 1.36. The number of pyridine rings is 1. The van der Waals surface area contributed by atoms with E-state index in [0.717, 1.165) is 16.9 Å². The Morgan fingerprint density at radius 3 is 3.12 bits per heavy atom. The molecule has 2 aliphatic heterocycles. The molecule has 1 unspecified atom stereocenters. The second-order valence-corrected chi connectivity index (χ2v) is 6.23. The molecule has 8 nitrogen and oxygen atoms in total. The lowest BCUT2D eigenvalue weighted by Gasteiger charge is -2.35. The molecule has 24 heavy (non-hydrogen) atoms. The number of urea groups is 1. The molecule has 2 aliphatic rings. The number of nitrogens with zero attached hydrogens (tertiary/aromatic N) is 4. The average molecular weight is 329 g/mol. The normalized spacial score (nSPS) is 20.2. The highest BCUT2D eigenvalue weighted by atomic mass is 16.6. The maximum absolute atomic E-state index is 12.3. The number of piperazine rings is 1. The van der Waals surface area contributed by atoms with Crippen molar-refractivity contribution in [1.29, 1.82) is 0 Å². The van der Waals surface area contributed by atoms with E-state index in [9.17, 15) is 9.59 Å². The van der Waals surface area contributed by atoms with E-state index < -0.39 is 0 Å². The van der Waals surface area contributed by atoms with Gasteiger partial charge in [0.05, 0.1) is 18.3 Å². The third-order valence-corrected chi connectivity index (χ3v) is 4.47. The number of fused-ring (bicyclic) bond motifs is 2. The van der Waals surface area contributed by atoms with E-state index in [1.165, 1.54) is 0 Å². The summed E-state index contributed by atoms with van der Waals surface area (Å²) < 4.78 is 6.97. The largest absolute Gasteiger partial charge is 0.447 e. The summed E-state index contributed by atoms with van der Waals surface area (Å²) in [4.78, 5) is 31.7. The molecule has 3 amide bonds. The van der Waals surface area contributed by atoms with Crippen molar-refractivity contribution in [3.8, 4) is 0 Å². The second-order valence-electron chi connectivity index (χ2n) is 6.23. The second kappa shape index (κ2) is 5.70. The van der Waals surface area contributed by atoms with Crippen molar-refractivity contribution in [2.45, 2.75) is 19.5 Å². The van der Waals surface area contributed by atoms with Crippen molar-refractivity contribution in [3.05, 3.63) is 35.8 Å². The molecule has 0 radical (unpaired) electrons. The van der Waals surface area contributed by atoms with Gasteiger partial charge in [0.1, 0.15) is 12.3 Å². The molecule has 4 heterocycles. The lowest BCUT2D eigenvalue weighted by atomic mass is 10.2. The average Bonchev–Trinajstić information content (AvgIpc) is 3.15. The number of amides is 3. The fourth-order valence-corrected chi connectivity index (χ4v) is 3.19. The van der Waals surface area contributed by atoms with Crippen molar-refractivity contribution < 1.29 is 14.3 Å². The van der Waals surface area contributed by atoms with Crippen LogP contribution in [0.5, 0.6) is 0 Å². The first-order chi connectivity index (χ1) is 11.6. The van der Waals surface area contributed by atoms with Gasteiger partial charge in [-0.25, -0.2) is 14.6 Å². The van der Waals surface area contributed by atoms with Crippen LogP contribution in [-0.4, -0.2) is 63.6 Å². The van der Waals surface area contributed by atoms with Gasteiger partial charge in [-0.05, 0) is 18.6 Å². The lowest BCUT2D eigenvalue weighted by Crippen LogP contribution is -2.55. The molecule has 1 atom stereocenters. The Kier molecular flexibility index (Phi) is 3.51. The Labute approximate surface area is 139 Å². The highest BCUT2D eigenvalue weighted by molar-refractivity contribution is 5.75. The number of hydrogen-bond donors (Lipinski definition) is 1. The van der Waals surface area contributed by atoms with Crippen LogP contribution in [0.3, 0.4) is 0 Å². The van der Waals surface area contributed by atoms with Crippen molar-refractivity contribution in [2.75, 3.05) is 26.2 Å². The van der Waals surface area contributed by atoms with Crippen molar-refractivity contribution >= 4 is 17.8 Å². The Hall–Kier alpha value is -2.77. The number of hydrogen-bond acceptors (Lipinski definition) is 4. The van der Waals surface area contributed by atoms with Gasteiger partial charge in [0, 0.05) is 32.0 Å². The molecule has 0 bridgehead atoms. The number of aryl methyl sites for hydroxylation is 1. The first kappa shape index (κ1) is 14.8. The molecule has 2 aromatic heterocycles. The van der Waals surface area contributed by atoms with Crippen molar-refractivity contribution in [2.24, 2.45) is 0 Å². The number of cyclic esters (lactones) is 1. The molecule has 2 aromatic rings. The van der Waals surface area contributed by atoms with Gasteiger partial charge in [-0.2, -0.15) is 0 Å². The van der Waals surface area contributed by atoms with Crippen molar-refractivity contribution in [3.63, 3.8) is 0 Å². The van der Waals surface area contributed by atoms with Gasteiger partial charge in [0.25, 0.3) is 0 Å². The Morgan fingerprint density at radius 1 is 1.38 bits per heavy atom. The monoisotopic (exact) mass is 329 g/mol. The zero-order chi connectivity index (χ0) is 16.7. The van der Waals surface area contributed by atoms with Gasteiger partial charge >= 0.3 is 12.1 Å². The summed E-state index contributed by atoms with van der Waals surface area (Å²) in [6.45, 7) is 4.29. The molecular formula is C16H19N5O3. The quantitative estimate of drug-likeness (QED) is 0.891. The van der Waals surface area contributed by atoms with Crippen molar-refractivity contribution in [1.82, 2.24) is 24.5 Å². The third kappa shape index (κ3) is 2.64. The molecular weight excluding hydrogens is 310 g/mol. The predicted octanol–water partition coefficient (Wildman–Crippen LogP) is 0.989. The minimum atomic E-state index is -0.278. The number of imidazole rings is 1. The van der Waals surface area contributed by atoms with E-state index in [0.29, 0.717) is 32.8 Å². The first-order valence-corrected chi connectivity index (χ1v) is 8.00. The molecule has 2 fully saturated rings. The molecule has 1 N–H and O–H groups in total. The fourth-order valence-electron chi connectivity index (χ4n) is 3.19. The molecule has 2 saturated heterocycles. The maximum atomic E-state index is 12.3. The van der Waals surface area contributed by atoms with Gasteiger partial charge in [-0.15, -0.1) is 0 Å². The minimum absolute atomic E-state index is 0.0323. The van der Waals surface area contributed by atoms with E-state index in [1.54, 1.807) is 9.80 Å². The minimum Gasteiger partial charge on any atom is -0.447 e. The van der Waals surface area contributed by atoms with Crippen LogP contribution in [0.2, 0.25) is 0 Å². The molecule has 0 aromatic carbocycles. The highest BCUT2D eigenvalue weighted by Gasteiger charge is 2.38. The zero-order valence-corrected chi connectivity index (χ0v) is 13.4. The third-order valence-electron chi connectivity index (χ3n) is 4.47. The lowest BCUT2D eigenvalue weighted by molar-refractivity contribution is 0.127. The molecule has 8 heteroatoms. The van der Waals surface area contributed by atoms with E-state index in [4.69, 9.17) is 4.74 Å². The number of aromatic nitrogens is 2. The van der Waals surface area contributed by atoms with Crippen LogP contribution in [0.25, 0.3) is 5.65 Å². The highest BCUT2D eigenvalue weighted by Crippen LogP contribution is 2.17. The van der Waals surface area contributed by atoms with Crippen LogP contribution in [0.1, 0.15) is 11.3 Å². The summed E-state index contributed by atoms with van der Waals surface area (Å²) in [6, 6.07) is 3.80. The van der Waals surface area contributed by atoms with Gasteiger partial charge < -0.3 is 19.4 Å². The number of carbonyl (C=O) groups excluding carboxylic acids is 2. The van der Waals surface area contributed by atoms with E-state index in [1.807, 2.05) is 35.9 Å².